The summed E-state index contributed by atoms with van der Waals surface area (Å²) in [5.74, 6) is -0.284. The minimum absolute atomic E-state index is 0.0668. The summed E-state index contributed by atoms with van der Waals surface area (Å²) >= 11 is 8.54. The number of amides is 1. The van der Waals surface area contributed by atoms with Crippen molar-refractivity contribution in [3.8, 4) is 0 Å². The molecule has 1 heterocycles. The Bertz CT molecular complexity index is 1070. The van der Waals surface area contributed by atoms with E-state index < -0.39 is 4.92 Å². The monoisotopic (exact) mass is 449 g/mol. The average Bonchev–Trinajstić information content (AvgIpc) is 3.12. The molecule has 0 saturated carbocycles. The van der Waals surface area contributed by atoms with Gasteiger partial charge in [-0.3, -0.25) is 14.9 Å². The molecule has 3 aromatic rings. The molecule has 0 spiro atoms. The lowest BCUT2D eigenvalue weighted by molar-refractivity contribution is -0.384. The molecule has 150 valence electrons. The maximum Gasteiger partial charge on any atom is 0.271 e. The number of nitro groups is 1. The van der Waals surface area contributed by atoms with Crippen molar-refractivity contribution < 1.29 is 9.72 Å². The molecule has 0 fully saturated rings. The largest absolute Gasteiger partial charge is 0.330 e. The highest BCUT2D eigenvalue weighted by Gasteiger charge is 2.13. The van der Waals surface area contributed by atoms with Gasteiger partial charge in [0.25, 0.3) is 5.69 Å². The van der Waals surface area contributed by atoms with Gasteiger partial charge < -0.3 is 10.6 Å². The van der Waals surface area contributed by atoms with E-state index in [1.54, 1.807) is 0 Å². The summed E-state index contributed by atoms with van der Waals surface area (Å²) in [6.45, 7) is 4.08. The molecule has 11 heteroatoms. The molecule has 0 aliphatic carbocycles. The Morgan fingerprint density at radius 1 is 1.21 bits per heavy atom. The van der Waals surface area contributed by atoms with E-state index >= 15 is 0 Å². The van der Waals surface area contributed by atoms with E-state index in [1.807, 2.05) is 32.0 Å². The normalized spacial score (nSPS) is 10.6. The van der Waals surface area contributed by atoms with Crippen molar-refractivity contribution in [1.29, 1.82) is 0 Å². The molecule has 0 saturated heterocycles. The number of nitro benzene ring substituents is 1. The first-order valence-electron chi connectivity index (χ1n) is 8.36. The predicted octanol–water partition coefficient (Wildman–Crippen LogP) is 5.19. The second-order valence-electron chi connectivity index (χ2n) is 6.06. The number of non-ortho nitro benzene ring substituents is 1. The van der Waals surface area contributed by atoms with E-state index in [9.17, 15) is 14.9 Å². The number of carbonyl (C=O) groups excluding carboxylic acids is 1. The number of anilines is 3. The molecule has 1 aromatic heterocycles. The lowest BCUT2D eigenvalue weighted by atomic mass is 10.1. The van der Waals surface area contributed by atoms with Gasteiger partial charge in [0.15, 0.2) is 4.34 Å². The van der Waals surface area contributed by atoms with Crippen LogP contribution in [0.3, 0.4) is 0 Å². The summed E-state index contributed by atoms with van der Waals surface area (Å²) < 4.78 is 0.622. The number of thioether (sulfide) groups is 1. The van der Waals surface area contributed by atoms with E-state index in [-0.39, 0.29) is 28.1 Å². The molecule has 0 aliphatic heterocycles. The van der Waals surface area contributed by atoms with E-state index in [0.29, 0.717) is 9.47 Å². The number of nitrogens with zero attached hydrogens (tertiary/aromatic N) is 3. The van der Waals surface area contributed by atoms with Gasteiger partial charge in [-0.15, -0.1) is 10.2 Å². The van der Waals surface area contributed by atoms with Crippen LogP contribution in [0.2, 0.25) is 5.02 Å². The van der Waals surface area contributed by atoms with Crippen LogP contribution < -0.4 is 10.6 Å². The lowest BCUT2D eigenvalue weighted by Crippen LogP contribution is -2.14. The highest BCUT2D eigenvalue weighted by atomic mass is 35.5. The van der Waals surface area contributed by atoms with Crippen LogP contribution in [0.4, 0.5) is 22.2 Å². The van der Waals surface area contributed by atoms with Crippen LogP contribution >= 0.6 is 34.7 Å². The Morgan fingerprint density at radius 2 is 2.00 bits per heavy atom. The minimum atomic E-state index is -0.550. The highest BCUT2D eigenvalue weighted by molar-refractivity contribution is 8.01. The SMILES string of the molecule is Cc1ccc(Nc2nnc(SCC(=O)Nc3cc([N+](=O)[O-])ccc3Cl)s2)cc1C. The van der Waals surface area contributed by atoms with Crippen LogP contribution in [-0.2, 0) is 4.79 Å². The Balaban J connectivity index is 1.56. The van der Waals surface area contributed by atoms with Gasteiger partial charge in [0.1, 0.15) is 0 Å². The molecule has 2 aromatic carbocycles. The third-order valence-electron chi connectivity index (χ3n) is 3.93. The van der Waals surface area contributed by atoms with Gasteiger partial charge in [-0.2, -0.15) is 0 Å². The molecule has 8 nitrogen and oxygen atoms in total. The molecule has 29 heavy (non-hydrogen) atoms. The minimum Gasteiger partial charge on any atom is -0.330 e. The lowest BCUT2D eigenvalue weighted by Gasteiger charge is -2.06. The number of hydrogen-bond donors (Lipinski definition) is 2. The smallest absolute Gasteiger partial charge is 0.271 e. The van der Waals surface area contributed by atoms with Crippen molar-refractivity contribution in [1.82, 2.24) is 10.2 Å². The van der Waals surface area contributed by atoms with E-state index in [2.05, 4.69) is 20.8 Å². The third-order valence-corrected chi connectivity index (χ3v) is 6.23. The summed E-state index contributed by atoms with van der Waals surface area (Å²) in [4.78, 5) is 22.5. The second kappa shape index (κ2) is 9.21. The maximum atomic E-state index is 12.2. The summed E-state index contributed by atoms with van der Waals surface area (Å²) in [6.07, 6.45) is 0. The van der Waals surface area contributed by atoms with Crippen LogP contribution in [0.1, 0.15) is 11.1 Å². The van der Waals surface area contributed by atoms with E-state index in [1.165, 1.54) is 52.4 Å². The Hall–Kier alpha value is -2.69. The number of aryl methyl sites for hydroxylation is 2. The first-order valence-corrected chi connectivity index (χ1v) is 10.5. The van der Waals surface area contributed by atoms with Crippen molar-refractivity contribution in [2.75, 3.05) is 16.4 Å². The summed E-state index contributed by atoms with van der Waals surface area (Å²) in [5.41, 5.74) is 3.34. The van der Waals surface area contributed by atoms with Crippen molar-refractivity contribution in [2.24, 2.45) is 0 Å². The number of hydrogen-bond acceptors (Lipinski definition) is 8. The molecule has 3 rings (SSSR count). The van der Waals surface area contributed by atoms with Crippen molar-refractivity contribution >= 4 is 62.8 Å². The molecule has 0 unspecified atom stereocenters. The average molecular weight is 450 g/mol. The van der Waals surface area contributed by atoms with Gasteiger partial charge in [0.05, 0.1) is 21.4 Å². The Kier molecular flexibility index (Phi) is 6.68. The first kappa shape index (κ1) is 21.0. The van der Waals surface area contributed by atoms with Gasteiger partial charge >= 0.3 is 0 Å². The zero-order valence-electron chi connectivity index (χ0n) is 15.4. The fraction of sp³-hybridized carbons (Fsp3) is 0.167. The standard InChI is InChI=1S/C18H16ClN5O3S2/c1-10-3-4-12(7-11(10)2)20-17-22-23-18(29-17)28-9-16(25)21-15-8-13(24(26)27)5-6-14(15)19/h3-8H,9H2,1-2H3,(H,20,22)(H,21,25). The highest BCUT2D eigenvalue weighted by Crippen LogP contribution is 2.30. The number of benzene rings is 2. The number of nitrogens with one attached hydrogen (secondary N) is 2. The number of aromatic nitrogens is 2. The quantitative estimate of drug-likeness (QED) is 0.290. The fourth-order valence-electron chi connectivity index (χ4n) is 2.30. The molecule has 0 bridgehead atoms. The topological polar surface area (TPSA) is 110 Å². The molecule has 1 amide bonds. The predicted molar refractivity (Wildman–Crippen MR) is 117 cm³/mol. The summed E-state index contributed by atoms with van der Waals surface area (Å²) in [6, 6.07) is 9.89. The molecule has 0 aliphatic rings. The second-order valence-corrected chi connectivity index (χ2v) is 8.66. The Morgan fingerprint density at radius 3 is 2.72 bits per heavy atom. The van der Waals surface area contributed by atoms with Crippen LogP contribution in [-0.4, -0.2) is 26.8 Å². The number of rotatable bonds is 7. The molecule has 0 radical (unpaired) electrons. The van der Waals surface area contributed by atoms with E-state index in [0.717, 1.165) is 5.69 Å². The zero-order chi connectivity index (χ0) is 21.0. The molecular formula is C18H16ClN5O3S2. The van der Waals surface area contributed by atoms with Crippen molar-refractivity contribution in [3.63, 3.8) is 0 Å². The number of carbonyl (C=O) groups is 1. The van der Waals surface area contributed by atoms with Crippen LogP contribution in [0.25, 0.3) is 0 Å². The fourth-order valence-corrected chi connectivity index (χ4v) is 4.03. The maximum absolute atomic E-state index is 12.2. The van der Waals surface area contributed by atoms with Gasteiger partial charge in [-0.05, 0) is 43.2 Å². The van der Waals surface area contributed by atoms with Gasteiger partial charge in [0, 0.05) is 17.8 Å². The number of halogens is 1. The summed E-state index contributed by atoms with van der Waals surface area (Å²) in [5, 5.41) is 25.6. The van der Waals surface area contributed by atoms with Gasteiger partial charge in [-0.1, -0.05) is 40.8 Å². The molecular weight excluding hydrogens is 434 g/mol. The Labute approximate surface area is 179 Å². The third kappa shape index (κ3) is 5.66. The van der Waals surface area contributed by atoms with E-state index in [4.69, 9.17) is 11.6 Å². The molecule has 2 N–H and O–H groups in total. The first-order chi connectivity index (χ1) is 13.8. The van der Waals surface area contributed by atoms with Crippen molar-refractivity contribution in [2.45, 2.75) is 18.2 Å². The van der Waals surface area contributed by atoms with Gasteiger partial charge in [0.2, 0.25) is 11.0 Å². The van der Waals surface area contributed by atoms with Crippen LogP contribution in [0.15, 0.2) is 40.7 Å². The van der Waals surface area contributed by atoms with Crippen LogP contribution in [0, 0.1) is 24.0 Å². The van der Waals surface area contributed by atoms with Crippen molar-refractivity contribution in [3.05, 3.63) is 62.7 Å². The molecule has 0 atom stereocenters. The summed E-state index contributed by atoms with van der Waals surface area (Å²) in [7, 11) is 0. The van der Waals surface area contributed by atoms with Gasteiger partial charge in [-0.25, -0.2) is 0 Å². The van der Waals surface area contributed by atoms with Crippen LogP contribution in [0.5, 0.6) is 0 Å². The zero-order valence-corrected chi connectivity index (χ0v) is 17.8.